The number of benzene rings is 1. The first-order chi connectivity index (χ1) is 9.78. The Balaban J connectivity index is 1.87. The first-order valence-corrected chi connectivity index (χ1v) is 6.95. The van der Waals surface area contributed by atoms with Crippen molar-refractivity contribution in [3.05, 3.63) is 36.3 Å². The van der Waals surface area contributed by atoms with Gasteiger partial charge in [-0.1, -0.05) is 12.1 Å². The number of hydrogen-bond acceptors (Lipinski definition) is 3. The summed E-state index contributed by atoms with van der Waals surface area (Å²) in [5, 5.41) is 0. The van der Waals surface area contributed by atoms with Gasteiger partial charge in [0.1, 0.15) is 11.6 Å². The molecule has 3 rings (SSSR count). The van der Waals surface area contributed by atoms with Gasteiger partial charge in [0, 0.05) is 11.8 Å². The van der Waals surface area contributed by atoms with Gasteiger partial charge in [0.15, 0.2) is 0 Å². The Labute approximate surface area is 123 Å². The van der Waals surface area contributed by atoms with Crippen molar-refractivity contribution in [1.29, 1.82) is 0 Å². The Kier molecular flexibility index (Phi) is 3.18. The Bertz CT molecular complexity index is 653. The number of nitrogens with one attached hydrogen (secondary N) is 1. The number of aromatic amines is 1. The second-order valence-electron chi connectivity index (χ2n) is 6.29. The average Bonchev–Trinajstić information content (AvgIpc) is 2.93. The zero-order chi connectivity index (χ0) is 15.3. The van der Waals surface area contributed by atoms with E-state index in [2.05, 4.69) is 9.97 Å². The summed E-state index contributed by atoms with van der Waals surface area (Å²) in [4.78, 5) is 7.43. The van der Waals surface area contributed by atoms with E-state index in [0.29, 0.717) is 11.4 Å². The van der Waals surface area contributed by atoms with Crippen LogP contribution in [0.5, 0.6) is 0 Å². The predicted molar refractivity (Wildman–Crippen MR) is 79.7 cm³/mol. The smallest absolute Gasteiger partial charge is 0.398 e. The number of rotatable bonds is 2. The SMILES string of the molecule is CC1(C)OB(c2cnc(-c3cccc(F)c3)[nH]2)OC1(C)C. The van der Waals surface area contributed by atoms with Crippen molar-refractivity contribution in [2.75, 3.05) is 0 Å². The largest absolute Gasteiger partial charge is 0.513 e. The zero-order valence-corrected chi connectivity index (χ0v) is 12.6. The van der Waals surface area contributed by atoms with E-state index in [1.54, 1.807) is 18.3 Å². The third kappa shape index (κ3) is 2.49. The molecule has 0 radical (unpaired) electrons. The van der Waals surface area contributed by atoms with E-state index in [1.165, 1.54) is 12.1 Å². The van der Waals surface area contributed by atoms with Crippen LogP contribution in [-0.4, -0.2) is 28.3 Å². The number of nitrogens with zero attached hydrogens (tertiary/aromatic N) is 1. The molecule has 1 aliphatic rings. The van der Waals surface area contributed by atoms with Crippen molar-refractivity contribution in [2.24, 2.45) is 0 Å². The fraction of sp³-hybridized carbons (Fsp3) is 0.400. The van der Waals surface area contributed by atoms with Crippen molar-refractivity contribution in [2.45, 2.75) is 38.9 Å². The summed E-state index contributed by atoms with van der Waals surface area (Å²) in [5.74, 6) is 0.306. The summed E-state index contributed by atoms with van der Waals surface area (Å²) >= 11 is 0. The highest BCUT2D eigenvalue weighted by Crippen LogP contribution is 2.36. The standard InChI is InChI=1S/C15H18BFN2O2/c1-14(2)15(3,4)21-16(20-14)12-9-18-13(19-12)10-6-5-7-11(17)8-10/h5-9H,1-4H3,(H,18,19). The highest BCUT2D eigenvalue weighted by atomic mass is 19.1. The molecule has 1 aromatic carbocycles. The summed E-state index contributed by atoms with van der Waals surface area (Å²) in [6, 6.07) is 6.30. The van der Waals surface area contributed by atoms with Gasteiger partial charge < -0.3 is 14.3 Å². The molecule has 2 aromatic rings. The van der Waals surface area contributed by atoms with Gasteiger partial charge in [0.05, 0.1) is 16.8 Å². The maximum Gasteiger partial charge on any atom is 0.513 e. The maximum absolute atomic E-state index is 13.3. The monoisotopic (exact) mass is 288 g/mol. The molecule has 0 aliphatic carbocycles. The maximum atomic E-state index is 13.3. The van der Waals surface area contributed by atoms with Gasteiger partial charge in [-0.15, -0.1) is 0 Å². The summed E-state index contributed by atoms with van der Waals surface area (Å²) < 4.78 is 25.2. The van der Waals surface area contributed by atoms with E-state index < -0.39 is 18.3 Å². The molecule has 4 nitrogen and oxygen atoms in total. The fourth-order valence-corrected chi connectivity index (χ4v) is 2.21. The van der Waals surface area contributed by atoms with Crippen LogP contribution in [0.4, 0.5) is 4.39 Å². The Morgan fingerprint density at radius 3 is 2.43 bits per heavy atom. The van der Waals surface area contributed by atoms with Crippen molar-refractivity contribution in [1.82, 2.24) is 9.97 Å². The van der Waals surface area contributed by atoms with E-state index >= 15 is 0 Å². The zero-order valence-electron chi connectivity index (χ0n) is 12.6. The topological polar surface area (TPSA) is 47.1 Å². The Hall–Kier alpha value is -1.66. The lowest BCUT2D eigenvalue weighted by Crippen LogP contribution is -2.41. The molecule has 1 saturated heterocycles. The van der Waals surface area contributed by atoms with E-state index in [0.717, 1.165) is 5.59 Å². The normalized spacial score (nSPS) is 20.0. The molecule has 0 unspecified atom stereocenters. The first-order valence-electron chi connectivity index (χ1n) is 6.95. The van der Waals surface area contributed by atoms with Crippen LogP contribution in [0.3, 0.4) is 0 Å². The minimum Gasteiger partial charge on any atom is -0.398 e. The number of hydrogen-bond donors (Lipinski definition) is 1. The molecule has 1 N–H and O–H groups in total. The number of imidazole rings is 1. The molecule has 1 aromatic heterocycles. The number of halogens is 1. The van der Waals surface area contributed by atoms with Crippen LogP contribution in [0.2, 0.25) is 0 Å². The number of aromatic nitrogens is 2. The average molecular weight is 288 g/mol. The van der Waals surface area contributed by atoms with Crippen LogP contribution in [0.1, 0.15) is 27.7 Å². The summed E-state index contributed by atoms with van der Waals surface area (Å²) in [6.07, 6.45) is 1.67. The summed E-state index contributed by atoms with van der Waals surface area (Å²) in [7, 11) is -0.496. The lowest BCUT2D eigenvalue weighted by Gasteiger charge is -2.32. The van der Waals surface area contributed by atoms with Gasteiger partial charge in [0.25, 0.3) is 0 Å². The van der Waals surface area contributed by atoms with Crippen LogP contribution >= 0.6 is 0 Å². The highest BCUT2D eigenvalue weighted by Gasteiger charge is 2.52. The first kappa shape index (κ1) is 14.3. The Morgan fingerprint density at radius 1 is 1.14 bits per heavy atom. The van der Waals surface area contributed by atoms with Crippen LogP contribution in [0.15, 0.2) is 30.5 Å². The molecule has 110 valence electrons. The van der Waals surface area contributed by atoms with Crippen LogP contribution in [-0.2, 0) is 9.31 Å². The van der Waals surface area contributed by atoms with Crippen LogP contribution in [0, 0.1) is 5.82 Å². The van der Waals surface area contributed by atoms with Gasteiger partial charge in [-0.3, -0.25) is 0 Å². The lowest BCUT2D eigenvalue weighted by molar-refractivity contribution is 0.00578. The van der Waals surface area contributed by atoms with Gasteiger partial charge >= 0.3 is 7.12 Å². The third-order valence-corrected chi connectivity index (χ3v) is 4.20. The van der Waals surface area contributed by atoms with Crippen LogP contribution in [0.25, 0.3) is 11.4 Å². The summed E-state index contributed by atoms with van der Waals surface area (Å²) in [5.41, 5.74) is 0.620. The molecule has 0 saturated carbocycles. The van der Waals surface area contributed by atoms with Crippen molar-refractivity contribution in [3.63, 3.8) is 0 Å². The van der Waals surface area contributed by atoms with Crippen molar-refractivity contribution >= 4 is 12.7 Å². The minimum absolute atomic E-state index is 0.291. The molecule has 0 spiro atoms. The molecule has 1 aliphatic heterocycles. The Morgan fingerprint density at radius 2 is 1.81 bits per heavy atom. The van der Waals surface area contributed by atoms with E-state index in [4.69, 9.17) is 9.31 Å². The molecule has 2 heterocycles. The third-order valence-electron chi connectivity index (χ3n) is 4.20. The van der Waals surface area contributed by atoms with Crippen molar-refractivity contribution in [3.8, 4) is 11.4 Å². The van der Waals surface area contributed by atoms with Gasteiger partial charge in [0.2, 0.25) is 0 Å². The van der Waals surface area contributed by atoms with Crippen molar-refractivity contribution < 1.29 is 13.7 Å². The van der Waals surface area contributed by atoms with Gasteiger partial charge in [-0.2, -0.15) is 0 Å². The van der Waals surface area contributed by atoms with Crippen LogP contribution < -0.4 is 5.59 Å². The van der Waals surface area contributed by atoms with E-state index in [-0.39, 0.29) is 5.82 Å². The fourth-order valence-electron chi connectivity index (χ4n) is 2.21. The second kappa shape index (κ2) is 4.68. The predicted octanol–water partition coefficient (Wildman–Crippen LogP) is 2.52. The van der Waals surface area contributed by atoms with E-state index in [9.17, 15) is 4.39 Å². The molecular formula is C15H18BFN2O2. The quantitative estimate of drug-likeness (QED) is 0.864. The second-order valence-corrected chi connectivity index (χ2v) is 6.29. The van der Waals surface area contributed by atoms with Gasteiger partial charge in [-0.05, 0) is 39.8 Å². The summed E-state index contributed by atoms with van der Waals surface area (Å²) in [6.45, 7) is 7.99. The molecule has 21 heavy (non-hydrogen) atoms. The lowest BCUT2D eigenvalue weighted by atomic mass is 9.86. The molecular weight excluding hydrogens is 270 g/mol. The van der Waals surface area contributed by atoms with E-state index in [1.807, 2.05) is 27.7 Å². The number of H-pyrrole nitrogens is 1. The molecule has 0 bridgehead atoms. The molecule has 0 atom stereocenters. The highest BCUT2D eigenvalue weighted by molar-refractivity contribution is 6.61. The molecule has 6 heteroatoms. The van der Waals surface area contributed by atoms with Gasteiger partial charge in [-0.25, -0.2) is 9.37 Å². The molecule has 0 amide bonds. The minimum atomic E-state index is -0.496. The molecule has 1 fully saturated rings.